The summed E-state index contributed by atoms with van der Waals surface area (Å²) in [6.45, 7) is 1.92. The SMILES string of the molecule is N=c1ccn(-c2c(-c3ccc(F)cc3)ncn2C2CCNCC2)c(Nc2ccccc2)c1. The standard InChI is InChI=1S/C25H25FN6/c26-19-8-6-18(7-9-19)24-25(32(17-29-24)22-10-13-28-14-11-22)31-15-12-20(27)16-23(31)30-21-4-2-1-3-5-21/h1-9,12,15-17,22,27-28,30H,10-11,13-14H2. The van der Waals surface area contributed by atoms with Crippen LogP contribution in [-0.4, -0.2) is 27.2 Å². The number of piperidine rings is 1. The van der Waals surface area contributed by atoms with Gasteiger partial charge in [0.2, 0.25) is 0 Å². The van der Waals surface area contributed by atoms with Crippen molar-refractivity contribution in [2.45, 2.75) is 18.9 Å². The van der Waals surface area contributed by atoms with Crippen LogP contribution in [0.5, 0.6) is 0 Å². The molecule has 3 heterocycles. The summed E-state index contributed by atoms with van der Waals surface area (Å²) in [5, 5.41) is 15.5. The predicted molar refractivity (Wildman–Crippen MR) is 124 cm³/mol. The van der Waals surface area contributed by atoms with Crippen molar-refractivity contribution in [2.24, 2.45) is 0 Å². The molecule has 1 aliphatic heterocycles. The monoisotopic (exact) mass is 428 g/mol. The molecule has 7 heteroatoms. The molecule has 0 unspecified atom stereocenters. The summed E-state index contributed by atoms with van der Waals surface area (Å²) in [5.74, 6) is 1.40. The first-order valence-corrected chi connectivity index (χ1v) is 10.8. The number of imidazole rings is 1. The van der Waals surface area contributed by atoms with E-state index in [1.165, 1.54) is 12.1 Å². The fourth-order valence-corrected chi connectivity index (χ4v) is 4.21. The van der Waals surface area contributed by atoms with Gasteiger partial charge in [-0.15, -0.1) is 0 Å². The maximum Gasteiger partial charge on any atom is 0.146 e. The van der Waals surface area contributed by atoms with Gasteiger partial charge in [-0.25, -0.2) is 9.37 Å². The minimum atomic E-state index is -0.272. The average molecular weight is 429 g/mol. The molecule has 162 valence electrons. The van der Waals surface area contributed by atoms with E-state index in [-0.39, 0.29) is 5.82 Å². The Labute approximate surface area is 185 Å². The van der Waals surface area contributed by atoms with Gasteiger partial charge in [0.1, 0.15) is 23.1 Å². The van der Waals surface area contributed by atoms with Crippen LogP contribution in [-0.2, 0) is 0 Å². The van der Waals surface area contributed by atoms with Gasteiger partial charge in [0.15, 0.2) is 0 Å². The van der Waals surface area contributed by atoms with E-state index < -0.39 is 0 Å². The van der Waals surface area contributed by atoms with Gasteiger partial charge in [0.25, 0.3) is 0 Å². The molecule has 4 aromatic rings. The fourth-order valence-electron chi connectivity index (χ4n) is 4.21. The zero-order chi connectivity index (χ0) is 21.9. The molecule has 6 nitrogen and oxygen atoms in total. The summed E-state index contributed by atoms with van der Waals surface area (Å²) in [4.78, 5) is 4.76. The second-order valence-corrected chi connectivity index (χ2v) is 7.97. The smallest absolute Gasteiger partial charge is 0.146 e. The number of hydrogen-bond acceptors (Lipinski definition) is 4. The van der Waals surface area contributed by atoms with Gasteiger partial charge in [0, 0.05) is 29.6 Å². The van der Waals surface area contributed by atoms with Crippen molar-refractivity contribution in [1.82, 2.24) is 19.4 Å². The highest BCUT2D eigenvalue weighted by atomic mass is 19.1. The molecule has 0 saturated carbocycles. The number of pyridine rings is 1. The van der Waals surface area contributed by atoms with E-state index in [1.807, 2.05) is 47.4 Å². The lowest BCUT2D eigenvalue weighted by atomic mass is 10.1. The van der Waals surface area contributed by atoms with E-state index in [4.69, 9.17) is 10.4 Å². The van der Waals surface area contributed by atoms with Crippen molar-refractivity contribution in [3.63, 3.8) is 0 Å². The van der Waals surface area contributed by atoms with Gasteiger partial charge in [0.05, 0.1) is 11.7 Å². The van der Waals surface area contributed by atoms with Crippen LogP contribution >= 0.6 is 0 Å². The Morgan fingerprint density at radius 3 is 2.50 bits per heavy atom. The van der Waals surface area contributed by atoms with Crippen LogP contribution in [0.25, 0.3) is 17.1 Å². The minimum Gasteiger partial charge on any atom is -0.341 e. The summed E-state index contributed by atoms with van der Waals surface area (Å²) < 4.78 is 17.9. The molecule has 2 aromatic carbocycles. The molecule has 0 radical (unpaired) electrons. The third kappa shape index (κ3) is 4.07. The van der Waals surface area contributed by atoms with Gasteiger partial charge >= 0.3 is 0 Å². The van der Waals surface area contributed by atoms with Crippen LogP contribution in [0.1, 0.15) is 18.9 Å². The summed E-state index contributed by atoms with van der Waals surface area (Å²) >= 11 is 0. The summed E-state index contributed by atoms with van der Waals surface area (Å²) in [6.07, 6.45) is 5.79. The number of anilines is 2. The lowest BCUT2D eigenvalue weighted by molar-refractivity contribution is 0.366. The van der Waals surface area contributed by atoms with Crippen LogP contribution in [0, 0.1) is 11.2 Å². The van der Waals surface area contributed by atoms with Gasteiger partial charge in [-0.1, -0.05) is 18.2 Å². The lowest BCUT2D eigenvalue weighted by Crippen LogP contribution is -2.30. The highest BCUT2D eigenvalue weighted by Crippen LogP contribution is 2.33. The Kier molecular flexibility index (Phi) is 5.56. The van der Waals surface area contributed by atoms with Crippen molar-refractivity contribution in [3.8, 4) is 17.1 Å². The molecule has 32 heavy (non-hydrogen) atoms. The number of nitrogens with zero attached hydrogens (tertiary/aromatic N) is 3. The molecule has 0 bridgehead atoms. The molecule has 5 rings (SSSR count). The zero-order valence-electron chi connectivity index (χ0n) is 17.6. The van der Waals surface area contributed by atoms with E-state index in [2.05, 4.69) is 15.2 Å². The zero-order valence-corrected chi connectivity index (χ0v) is 17.6. The average Bonchev–Trinajstić information content (AvgIpc) is 3.26. The molecular weight excluding hydrogens is 403 g/mol. The number of aromatic nitrogens is 3. The molecule has 2 aromatic heterocycles. The fraction of sp³-hybridized carbons (Fsp3) is 0.200. The number of benzene rings is 2. The van der Waals surface area contributed by atoms with E-state index in [9.17, 15) is 4.39 Å². The Bertz CT molecular complexity index is 1250. The molecule has 0 amide bonds. The molecule has 0 spiro atoms. The van der Waals surface area contributed by atoms with Crippen molar-refractivity contribution in [3.05, 3.63) is 90.4 Å². The first kappa shape index (κ1) is 20.2. The number of hydrogen-bond donors (Lipinski definition) is 3. The molecular formula is C25H25FN6. The molecule has 3 N–H and O–H groups in total. The number of nitrogens with one attached hydrogen (secondary N) is 3. The van der Waals surface area contributed by atoms with E-state index in [1.54, 1.807) is 24.3 Å². The molecule has 1 aliphatic rings. The number of rotatable bonds is 5. The highest BCUT2D eigenvalue weighted by Gasteiger charge is 2.23. The molecule has 1 fully saturated rings. The van der Waals surface area contributed by atoms with Gasteiger partial charge in [-0.2, -0.15) is 0 Å². The largest absolute Gasteiger partial charge is 0.341 e. The first-order chi connectivity index (χ1) is 15.7. The van der Waals surface area contributed by atoms with Crippen molar-refractivity contribution >= 4 is 11.5 Å². The maximum absolute atomic E-state index is 13.6. The predicted octanol–water partition coefficient (Wildman–Crippen LogP) is 4.63. The topological polar surface area (TPSA) is 70.7 Å². The van der Waals surface area contributed by atoms with E-state index >= 15 is 0 Å². The minimum absolute atomic E-state index is 0.272. The summed E-state index contributed by atoms with van der Waals surface area (Å²) in [5.41, 5.74) is 2.56. The van der Waals surface area contributed by atoms with E-state index in [0.717, 1.165) is 54.5 Å². The lowest BCUT2D eigenvalue weighted by Gasteiger charge is -2.27. The molecule has 0 aliphatic carbocycles. The van der Waals surface area contributed by atoms with Crippen molar-refractivity contribution in [1.29, 1.82) is 5.41 Å². The second kappa shape index (κ2) is 8.80. The van der Waals surface area contributed by atoms with Crippen molar-refractivity contribution < 1.29 is 4.39 Å². The third-order valence-corrected chi connectivity index (χ3v) is 5.82. The van der Waals surface area contributed by atoms with Crippen LogP contribution in [0.3, 0.4) is 0 Å². The van der Waals surface area contributed by atoms with Crippen molar-refractivity contribution in [2.75, 3.05) is 18.4 Å². The molecule has 0 atom stereocenters. The van der Waals surface area contributed by atoms with Gasteiger partial charge < -0.3 is 20.6 Å². The Balaban J connectivity index is 1.68. The summed E-state index contributed by atoms with van der Waals surface area (Å²) in [7, 11) is 0. The Morgan fingerprint density at radius 1 is 1.00 bits per heavy atom. The summed E-state index contributed by atoms with van der Waals surface area (Å²) in [6, 6.07) is 20.2. The third-order valence-electron chi connectivity index (χ3n) is 5.82. The normalized spacial score (nSPS) is 14.4. The van der Waals surface area contributed by atoms with Gasteiger partial charge in [-0.05, 0) is 68.4 Å². The van der Waals surface area contributed by atoms with Gasteiger partial charge in [-0.3, -0.25) is 4.57 Å². The van der Waals surface area contributed by atoms with Crippen LogP contribution in [0.2, 0.25) is 0 Å². The Morgan fingerprint density at radius 2 is 1.75 bits per heavy atom. The number of halogens is 1. The highest BCUT2D eigenvalue weighted by molar-refractivity contribution is 5.70. The van der Waals surface area contributed by atoms with Crippen LogP contribution < -0.4 is 16.0 Å². The van der Waals surface area contributed by atoms with Crippen LogP contribution in [0.15, 0.2) is 79.3 Å². The Hall–Kier alpha value is -3.71. The van der Waals surface area contributed by atoms with Crippen LogP contribution in [0.4, 0.5) is 15.9 Å². The second-order valence-electron chi connectivity index (χ2n) is 7.97. The quantitative estimate of drug-likeness (QED) is 0.434. The van der Waals surface area contributed by atoms with E-state index in [0.29, 0.717) is 11.4 Å². The molecule has 1 saturated heterocycles. The first-order valence-electron chi connectivity index (χ1n) is 10.8. The maximum atomic E-state index is 13.6. The number of para-hydroxylation sites is 1.